The molecule has 6 nitrogen and oxygen atoms in total. The molecule has 0 radical (unpaired) electrons. The van der Waals surface area contributed by atoms with Gasteiger partial charge in [-0.25, -0.2) is 0 Å². The van der Waals surface area contributed by atoms with Gasteiger partial charge < -0.3 is 13.8 Å². The van der Waals surface area contributed by atoms with Crippen molar-refractivity contribution < 1.29 is 13.6 Å². The van der Waals surface area contributed by atoms with Crippen molar-refractivity contribution >= 4 is 22.4 Å². The van der Waals surface area contributed by atoms with E-state index in [-0.39, 0.29) is 15.9 Å². The van der Waals surface area contributed by atoms with E-state index < -0.39 is 16.6 Å². The monoisotopic (exact) mass is 571 g/mol. The number of rotatable bonds is 10. The fourth-order valence-electron chi connectivity index (χ4n) is 2.98. The maximum atomic E-state index is 11.5. The Kier molecular flexibility index (Phi) is 13.0. The number of nitrogens with zero attached hydrogens (tertiary/aromatic N) is 3. The van der Waals surface area contributed by atoms with Crippen molar-refractivity contribution in [2.45, 2.75) is 104 Å². The van der Waals surface area contributed by atoms with Crippen molar-refractivity contribution in [3.8, 4) is 0 Å². The smallest absolute Gasteiger partial charge is 0.192 e. The van der Waals surface area contributed by atoms with Crippen molar-refractivity contribution in [1.82, 2.24) is 14.9 Å². The second kappa shape index (κ2) is 14.5. The van der Waals surface area contributed by atoms with E-state index in [9.17, 15) is 4.79 Å². The number of pyridine rings is 2. The number of hydrogen-bond donors (Lipinski definition) is 0. The first kappa shape index (κ1) is 34.9. The molecule has 39 heavy (non-hydrogen) atoms. The Morgan fingerprint density at radius 2 is 1.31 bits per heavy atom. The quantitative estimate of drug-likeness (QED) is 0.212. The topological polar surface area (TPSA) is 64.5 Å². The van der Waals surface area contributed by atoms with Crippen LogP contribution in [-0.4, -0.2) is 51.4 Å². The van der Waals surface area contributed by atoms with Crippen molar-refractivity contribution in [2.75, 3.05) is 14.1 Å². The summed E-state index contributed by atoms with van der Waals surface area (Å²) in [6.07, 6.45) is 8.54. The lowest BCUT2D eigenvalue weighted by molar-refractivity contribution is 0.101. The van der Waals surface area contributed by atoms with Crippen LogP contribution >= 0.6 is 0 Å². The highest BCUT2D eigenvalue weighted by atomic mass is 28.4. The maximum absolute atomic E-state index is 11.5. The zero-order chi connectivity index (χ0) is 30.1. The lowest BCUT2D eigenvalue weighted by Gasteiger charge is -2.36. The van der Waals surface area contributed by atoms with Gasteiger partial charge in [0.2, 0.25) is 0 Å². The van der Waals surface area contributed by atoms with Crippen molar-refractivity contribution in [3.63, 3.8) is 0 Å². The summed E-state index contributed by atoms with van der Waals surface area (Å²) in [7, 11) is 0.550. The first-order valence-electron chi connectivity index (χ1n) is 13.8. The summed E-state index contributed by atoms with van der Waals surface area (Å²) in [6, 6.07) is 7.87. The van der Waals surface area contributed by atoms with Gasteiger partial charge in [-0.3, -0.25) is 14.8 Å². The zero-order valence-corrected chi connectivity index (χ0v) is 28.8. The van der Waals surface area contributed by atoms with Crippen LogP contribution in [0.3, 0.4) is 0 Å². The van der Waals surface area contributed by atoms with Crippen LogP contribution in [0.5, 0.6) is 0 Å². The van der Waals surface area contributed by atoms with Gasteiger partial charge >= 0.3 is 0 Å². The number of aromatic nitrogens is 2. The highest BCUT2D eigenvalue weighted by Gasteiger charge is 2.38. The average molecular weight is 572 g/mol. The summed E-state index contributed by atoms with van der Waals surface area (Å²) in [5.74, 6) is -0.00979. The van der Waals surface area contributed by atoms with Crippen molar-refractivity contribution in [3.05, 3.63) is 71.4 Å². The molecule has 0 aliphatic heterocycles. The van der Waals surface area contributed by atoms with Gasteiger partial charge in [0.05, 0.1) is 13.2 Å². The first-order chi connectivity index (χ1) is 17.8. The predicted octanol–water partition coefficient (Wildman–Crippen LogP) is 8.03. The van der Waals surface area contributed by atoms with Gasteiger partial charge in [-0.2, -0.15) is 0 Å². The van der Waals surface area contributed by atoms with Crippen LogP contribution in [0.15, 0.2) is 48.9 Å². The minimum Gasteiger partial charge on any atom is -0.412 e. The largest absolute Gasteiger partial charge is 0.412 e. The number of allylic oxidation sites excluding steroid dienone is 1. The molecule has 0 spiro atoms. The molecule has 218 valence electrons. The average Bonchev–Trinajstić information content (AvgIpc) is 2.81. The summed E-state index contributed by atoms with van der Waals surface area (Å²) >= 11 is 0. The normalized spacial score (nSPS) is 12.7. The molecule has 2 aromatic heterocycles. The lowest BCUT2D eigenvalue weighted by atomic mass is 10.1. The molecule has 0 aliphatic carbocycles. The molecule has 2 heterocycles. The van der Waals surface area contributed by atoms with E-state index in [2.05, 4.69) is 96.0 Å². The summed E-state index contributed by atoms with van der Waals surface area (Å²) < 4.78 is 12.4. The van der Waals surface area contributed by atoms with Gasteiger partial charge in [0.1, 0.15) is 5.69 Å². The molecule has 0 saturated carbocycles. The summed E-state index contributed by atoms with van der Waals surface area (Å²) in [5, 5.41) is 0.409. The van der Waals surface area contributed by atoms with Crippen LogP contribution in [0.1, 0.15) is 75.8 Å². The highest BCUT2D eigenvalue weighted by Crippen LogP contribution is 2.38. The van der Waals surface area contributed by atoms with Crippen LogP contribution in [0.4, 0.5) is 0 Å². The Morgan fingerprint density at radius 1 is 0.846 bits per heavy atom. The van der Waals surface area contributed by atoms with E-state index in [0.717, 1.165) is 17.7 Å². The summed E-state index contributed by atoms with van der Waals surface area (Å²) in [5.41, 5.74) is 3.71. The zero-order valence-electron chi connectivity index (χ0n) is 26.8. The van der Waals surface area contributed by atoms with Gasteiger partial charge in [0, 0.05) is 51.1 Å². The molecule has 2 aromatic rings. The summed E-state index contributed by atoms with van der Waals surface area (Å²) in [4.78, 5) is 22.1. The molecular weight excluding hydrogens is 519 g/mol. The molecule has 0 saturated heterocycles. The third-order valence-corrected chi connectivity index (χ3v) is 16.7. The molecule has 0 N–H and O–H groups in total. The van der Waals surface area contributed by atoms with Crippen LogP contribution < -0.4 is 0 Å². The van der Waals surface area contributed by atoms with E-state index >= 15 is 0 Å². The molecule has 8 heteroatoms. The van der Waals surface area contributed by atoms with E-state index in [0.29, 0.717) is 18.9 Å². The highest BCUT2D eigenvalue weighted by molar-refractivity contribution is 6.74. The van der Waals surface area contributed by atoms with Crippen molar-refractivity contribution in [2.24, 2.45) is 0 Å². The van der Waals surface area contributed by atoms with Gasteiger partial charge in [0.25, 0.3) is 0 Å². The number of carbonyl (C=O) groups excluding carboxylic acids is 1. The Balaban J connectivity index is 0.000000395. The van der Waals surface area contributed by atoms with Gasteiger partial charge in [0.15, 0.2) is 22.4 Å². The Labute approximate surface area is 240 Å². The fourth-order valence-corrected chi connectivity index (χ4v) is 4.88. The van der Waals surface area contributed by atoms with E-state index in [1.807, 2.05) is 43.4 Å². The number of ketones is 1. The minimum atomic E-state index is -1.78. The molecule has 0 atom stereocenters. The molecule has 2 rings (SSSR count). The van der Waals surface area contributed by atoms with Crippen molar-refractivity contribution in [1.29, 1.82) is 0 Å². The van der Waals surface area contributed by atoms with Crippen LogP contribution in [0, 0.1) is 0 Å². The molecule has 0 aromatic carbocycles. The van der Waals surface area contributed by atoms with Gasteiger partial charge in [-0.05, 0) is 60.2 Å². The third-order valence-electron chi connectivity index (χ3n) is 7.71. The first-order valence-corrected chi connectivity index (χ1v) is 19.6. The van der Waals surface area contributed by atoms with Crippen LogP contribution in [0.2, 0.25) is 36.3 Å². The summed E-state index contributed by atoms with van der Waals surface area (Å²) in [6.45, 7) is 25.1. The van der Waals surface area contributed by atoms with E-state index in [4.69, 9.17) is 8.85 Å². The van der Waals surface area contributed by atoms with Crippen LogP contribution in [-0.2, 0) is 28.5 Å². The molecule has 0 amide bonds. The van der Waals surface area contributed by atoms with Crippen LogP contribution in [0.25, 0.3) is 0 Å². The molecule has 0 aliphatic rings. The predicted molar refractivity (Wildman–Crippen MR) is 169 cm³/mol. The van der Waals surface area contributed by atoms with Gasteiger partial charge in [-0.15, -0.1) is 0 Å². The van der Waals surface area contributed by atoms with E-state index in [1.165, 1.54) is 12.5 Å². The molecular formula is C31H53N3O3Si2. The third kappa shape index (κ3) is 11.5. The standard InChI is InChI=1S/C17H30N2OSi.C14H23NO2Si/c1-17(2,3)21(6,7)20-14-15-10-8-12-18-16(15)11-9-13-19(4)5;1-11(16)13-12(8-7-9-15-13)10-17-18(5,6)14(2,3)4/h8-10,12-13H,11,14H2,1-7H3;7-9H,10H2,1-6H3/b13-9+;. The fraction of sp³-hybridized carbons (Fsp3) is 0.581. The molecule has 0 unspecified atom stereocenters. The van der Waals surface area contributed by atoms with Gasteiger partial charge in [-0.1, -0.05) is 59.8 Å². The minimum absolute atomic E-state index is 0.00979. The Morgan fingerprint density at radius 3 is 1.77 bits per heavy atom. The number of Topliss-reactive ketones (excluding diaryl/α,β-unsaturated/α-hetero) is 1. The maximum Gasteiger partial charge on any atom is 0.192 e. The second-order valence-corrected chi connectivity index (χ2v) is 22.9. The lowest BCUT2D eigenvalue weighted by Crippen LogP contribution is -2.40. The number of carbonyl (C=O) groups is 1. The molecule has 0 fully saturated rings. The van der Waals surface area contributed by atoms with E-state index in [1.54, 1.807) is 6.20 Å². The second-order valence-electron chi connectivity index (χ2n) is 13.3. The SMILES string of the molecule is CC(=O)c1ncccc1CO[Si](C)(C)C(C)(C)C.CN(C)/C=C/Cc1ncccc1CO[Si](C)(C)C(C)(C)C. The Bertz CT molecular complexity index is 1080. The Hall–Kier alpha value is -2.14. The molecule has 0 bridgehead atoms. The number of hydrogen-bond acceptors (Lipinski definition) is 6.